The Morgan fingerprint density at radius 2 is 1.69 bits per heavy atom. The molecule has 4 nitrogen and oxygen atoms in total. The Hall–Kier alpha value is -2.72. The van der Waals surface area contributed by atoms with Gasteiger partial charge in [-0.05, 0) is 24.3 Å². The number of rotatable bonds is 1. The third-order valence-electron chi connectivity index (χ3n) is 2.04. The molecule has 0 aromatic carbocycles. The highest BCUT2D eigenvalue weighted by atomic mass is 14.8. The lowest BCUT2D eigenvalue weighted by Crippen LogP contribution is -1.88. The highest BCUT2D eigenvalue weighted by molar-refractivity contribution is 5.56. The molecule has 4 heteroatoms. The van der Waals surface area contributed by atoms with Crippen molar-refractivity contribution < 1.29 is 0 Å². The average Bonchev–Trinajstić information content (AvgIpc) is 2.39. The first-order valence-electron chi connectivity index (χ1n) is 4.56. The molecule has 0 aliphatic carbocycles. The lowest BCUT2D eigenvalue weighted by molar-refractivity contribution is 1.23. The maximum atomic E-state index is 8.75. The molecule has 0 saturated heterocycles. The fourth-order valence-corrected chi connectivity index (χ4v) is 1.25. The zero-order valence-electron chi connectivity index (χ0n) is 8.25. The Labute approximate surface area is 92.4 Å². The van der Waals surface area contributed by atoms with Crippen LogP contribution >= 0.6 is 0 Å². The topological polar surface area (TPSA) is 73.4 Å². The zero-order valence-corrected chi connectivity index (χ0v) is 8.25. The second kappa shape index (κ2) is 4.20. The van der Waals surface area contributed by atoms with Crippen LogP contribution < -0.4 is 0 Å². The molecule has 0 aliphatic heterocycles. The van der Waals surface area contributed by atoms with Gasteiger partial charge in [0.1, 0.15) is 6.07 Å². The molecule has 0 atom stereocenters. The second-order valence-corrected chi connectivity index (χ2v) is 3.09. The lowest BCUT2D eigenvalue weighted by Gasteiger charge is -1.99. The first-order chi connectivity index (χ1) is 7.83. The van der Waals surface area contributed by atoms with Gasteiger partial charge < -0.3 is 0 Å². The first-order valence-corrected chi connectivity index (χ1v) is 4.56. The van der Waals surface area contributed by atoms with Gasteiger partial charge in [0.15, 0.2) is 0 Å². The van der Waals surface area contributed by atoms with Crippen molar-refractivity contribution in [3.63, 3.8) is 0 Å². The smallest absolute Gasteiger partial charge is 0.101 e. The Kier molecular flexibility index (Phi) is 2.58. The van der Waals surface area contributed by atoms with Gasteiger partial charge in [-0.15, -0.1) is 0 Å². The SMILES string of the molecule is N#Cc1ccc(-c2cc(C#N)ccn2)nc1. The van der Waals surface area contributed by atoms with Crippen LogP contribution in [0, 0.1) is 22.7 Å². The molecule has 2 aromatic rings. The Bertz CT molecular complexity index is 588. The van der Waals surface area contributed by atoms with Crippen molar-refractivity contribution >= 4 is 0 Å². The van der Waals surface area contributed by atoms with Gasteiger partial charge in [0.05, 0.1) is 28.6 Å². The van der Waals surface area contributed by atoms with Gasteiger partial charge in [0, 0.05) is 12.4 Å². The van der Waals surface area contributed by atoms with Crippen LogP contribution in [-0.2, 0) is 0 Å². The van der Waals surface area contributed by atoms with Crippen LogP contribution in [0.5, 0.6) is 0 Å². The standard InChI is InChI=1S/C12H6N4/c13-6-9-3-4-15-12(5-9)11-2-1-10(7-14)8-16-11/h1-5,8H. The van der Waals surface area contributed by atoms with Crippen molar-refractivity contribution in [2.75, 3.05) is 0 Å². The largest absolute Gasteiger partial charge is 0.255 e. The molecule has 0 unspecified atom stereocenters. The summed E-state index contributed by atoms with van der Waals surface area (Å²) >= 11 is 0. The molecule has 0 fully saturated rings. The third kappa shape index (κ3) is 1.87. The van der Waals surface area contributed by atoms with Gasteiger partial charge in [-0.3, -0.25) is 9.97 Å². The third-order valence-corrected chi connectivity index (χ3v) is 2.04. The van der Waals surface area contributed by atoms with Crippen molar-refractivity contribution in [2.45, 2.75) is 0 Å². The molecule has 0 radical (unpaired) electrons. The maximum Gasteiger partial charge on any atom is 0.101 e. The number of nitrogens with zero attached hydrogens (tertiary/aromatic N) is 4. The minimum Gasteiger partial charge on any atom is -0.255 e. The van der Waals surface area contributed by atoms with E-state index in [0.717, 1.165) is 0 Å². The van der Waals surface area contributed by atoms with Crippen LogP contribution in [0.25, 0.3) is 11.4 Å². The zero-order chi connectivity index (χ0) is 11.4. The fourth-order valence-electron chi connectivity index (χ4n) is 1.25. The van der Waals surface area contributed by atoms with E-state index in [2.05, 4.69) is 9.97 Å². The summed E-state index contributed by atoms with van der Waals surface area (Å²) in [6, 6.07) is 10.7. The fraction of sp³-hybridized carbons (Fsp3) is 0. The molecular formula is C12H6N4. The number of hydrogen-bond acceptors (Lipinski definition) is 4. The number of pyridine rings is 2. The lowest BCUT2D eigenvalue weighted by atomic mass is 10.2. The summed E-state index contributed by atoms with van der Waals surface area (Å²) in [6.07, 6.45) is 3.05. The van der Waals surface area contributed by atoms with E-state index in [9.17, 15) is 0 Å². The Balaban J connectivity index is 2.44. The van der Waals surface area contributed by atoms with Crippen LogP contribution in [0.4, 0.5) is 0 Å². The Morgan fingerprint density at radius 3 is 2.31 bits per heavy atom. The Morgan fingerprint density at radius 1 is 0.875 bits per heavy atom. The molecule has 0 aliphatic rings. The minimum absolute atomic E-state index is 0.500. The van der Waals surface area contributed by atoms with Crippen molar-refractivity contribution in [1.82, 2.24) is 9.97 Å². The van der Waals surface area contributed by atoms with Gasteiger partial charge in [-0.2, -0.15) is 10.5 Å². The van der Waals surface area contributed by atoms with Crippen LogP contribution in [0.1, 0.15) is 11.1 Å². The number of nitriles is 2. The van der Waals surface area contributed by atoms with Crippen LogP contribution in [0.2, 0.25) is 0 Å². The van der Waals surface area contributed by atoms with Gasteiger partial charge in [0.2, 0.25) is 0 Å². The summed E-state index contributed by atoms with van der Waals surface area (Å²) in [5.74, 6) is 0. The van der Waals surface area contributed by atoms with E-state index in [1.807, 2.05) is 12.1 Å². The number of aromatic nitrogens is 2. The number of hydrogen-bond donors (Lipinski definition) is 0. The normalized spacial score (nSPS) is 9.12. The predicted octanol–water partition coefficient (Wildman–Crippen LogP) is 1.89. The summed E-state index contributed by atoms with van der Waals surface area (Å²) in [7, 11) is 0. The van der Waals surface area contributed by atoms with E-state index in [0.29, 0.717) is 22.5 Å². The summed E-state index contributed by atoms with van der Waals surface area (Å²) < 4.78 is 0. The van der Waals surface area contributed by atoms with Crippen LogP contribution in [-0.4, -0.2) is 9.97 Å². The van der Waals surface area contributed by atoms with Crippen molar-refractivity contribution in [2.24, 2.45) is 0 Å². The molecule has 0 spiro atoms. The van der Waals surface area contributed by atoms with E-state index in [4.69, 9.17) is 10.5 Å². The molecule has 0 amide bonds. The van der Waals surface area contributed by atoms with E-state index in [1.165, 1.54) is 6.20 Å². The van der Waals surface area contributed by atoms with Crippen molar-refractivity contribution in [3.8, 4) is 23.5 Å². The van der Waals surface area contributed by atoms with E-state index < -0.39 is 0 Å². The van der Waals surface area contributed by atoms with Crippen LogP contribution in [0.15, 0.2) is 36.7 Å². The maximum absolute atomic E-state index is 8.75. The second-order valence-electron chi connectivity index (χ2n) is 3.09. The summed E-state index contributed by atoms with van der Waals surface area (Å²) in [6.45, 7) is 0. The molecule has 74 valence electrons. The minimum atomic E-state index is 0.500. The van der Waals surface area contributed by atoms with E-state index in [1.54, 1.807) is 30.5 Å². The molecule has 0 saturated carbocycles. The van der Waals surface area contributed by atoms with Gasteiger partial charge in [-0.1, -0.05) is 0 Å². The van der Waals surface area contributed by atoms with Gasteiger partial charge in [0.25, 0.3) is 0 Å². The molecule has 16 heavy (non-hydrogen) atoms. The van der Waals surface area contributed by atoms with E-state index >= 15 is 0 Å². The quantitative estimate of drug-likeness (QED) is 0.714. The average molecular weight is 206 g/mol. The van der Waals surface area contributed by atoms with Gasteiger partial charge >= 0.3 is 0 Å². The highest BCUT2D eigenvalue weighted by Crippen LogP contribution is 2.14. The van der Waals surface area contributed by atoms with Gasteiger partial charge in [-0.25, -0.2) is 0 Å². The molecule has 2 rings (SSSR count). The molecule has 0 N–H and O–H groups in total. The predicted molar refractivity (Wildman–Crippen MR) is 56.9 cm³/mol. The summed E-state index contributed by atoms with van der Waals surface area (Å²) in [4.78, 5) is 8.22. The highest BCUT2D eigenvalue weighted by Gasteiger charge is 2.02. The van der Waals surface area contributed by atoms with Crippen molar-refractivity contribution in [1.29, 1.82) is 10.5 Å². The van der Waals surface area contributed by atoms with Crippen LogP contribution in [0.3, 0.4) is 0 Å². The first kappa shape index (κ1) is 9.82. The molecular weight excluding hydrogens is 200 g/mol. The summed E-state index contributed by atoms with van der Waals surface area (Å²) in [5.41, 5.74) is 2.32. The molecule has 2 aromatic heterocycles. The van der Waals surface area contributed by atoms with E-state index in [-0.39, 0.29) is 0 Å². The molecule has 2 heterocycles. The van der Waals surface area contributed by atoms with Crippen molar-refractivity contribution in [3.05, 3.63) is 47.8 Å². The summed E-state index contributed by atoms with van der Waals surface area (Å²) in [5, 5.41) is 17.4. The monoisotopic (exact) mass is 206 g/mol. The molecule has 0 bridgehead atoms.